The molecule has 4 aliphatic rings. The summed E-state index contributed by atoms with van der Waals surface area (Å²) in [6.45, 7) is 3.27. The molecule has 27 heavy (non-hydrogen) atoms. The molecule has 0 spiro atoms. The first-order valence-electron chi connectivity index (χ1n) is 10.1. The van der Waals surface area contributed by atoms with Gasteiger partial charge in [0.15, 0.2) is 0 Å². The first kappa shape index (κ1) is 15.6. The van der Waals surface area contributed by atoms with Crippen molar-refractivity contribution in [1.29, 1.82) is 0 Å². The first-order chi connectivity index (χ1) is 13.1. The average molecular weight is 356 g/mol. The zero-order chi connectivity index (χ0) is 18.3. The molecule has 3 nitrogen and oxygen atoms in total. The molecule has 136 valence electrons. The molecule has 0 radical (unpaired) electrons. The summed E-state index contributed by atoms with van der Waals surface area (Å²) in [5.74, 6) is 0.686. The predicted octanol–water partition coefficient (Wildman–Crippen LogP) is 4.79. The highest BCUT2D eigenvalue weighted by Crippen LogP contribution is 2.52. The van der Waals surface area contributed by atoms with Crippen molar-refractivity contribution in [3.05, 3.63) is 70.4 Å². The molecule has 3 unspecified atom stereocenters. The lowest BCUT2D eigenvalue weighted by Gasteiger charge is -2.44. The number of nitrogens with zero attached hydrogens (tertiary/aromatic N) is 2. The summed E-state index contributed by atoms with van der Waals surface area (Å²) in [5, 5.41) is 1.33. The van der Waals surface area contributed by atoms with Gasteiger partial charge in [0.1, 0.15) is 0 Å². The zero-order valence-corrected chi connectivity index (χ0v) is 15.9. The molecular weight excluding hydrogens is 332 g/mol. The zero-order valence-electron chi connectivity index (χ0n) is 15.9. The van der Waals surface area contributed by atoms with Crippen molar-refractivity contribution in [2.45, 2.75) is 44.1 Å². The van der Waals surface area contributed by atoms with Gasteiger partial charge in [-0.3, -0.25) is 14.3 Å². The van der Waals surface area contributed by atoms with Crippen molar-refractivity contribution < 1.29 is 4.79 Å². The number of aryl methyl sites for hydroxylation is 1. The first-order valence-corrected chi connectivity index (χ1v) is 10.1. The summed E-state index contributed by atoms with van der Waals surface area (Å²) in [5.41, 5.74) is 7.77. The van der Waals surface area contributed by atoms with Crippen molar-refractivity contribution in [2.75, 3.05) is 13.6 Å². The molecule has 1 aliphatic carbocycles. The van der Waals surface area contributed by atoms with Gasteiger partial charge in [-0.05, 0) is 56.0 Å². The number of carbonyl (C=O) groups is 1. The fourth-order valence-electron chi connectivity index (χ4n) is 5.98. The van der Waals surface area contributed by atoms with Gasteiger partial charge in [-0.15, -0.1) is 0 Å². The number of aromatic nitrogens is 1. The van der Waals surface area contributed by atoms with Crippen LogP contribution in [0.2, 0.25) is 0 Å². The molecule has 2 aromatic carbocycles. The lowest BCUT2D eigenvalue weighted by Crippen LogP contribution is -2.41. The smallest absolute Gasteiger partial charge is 0.239 e. The fraction of sp³-hybridized carbons (Fsp3) is 0.375. The molecule has 3 heteroatoms. The van der Waals surface area contributed by atoms with Gasteiger partial charge in [-0.2, -0.15) is 0 Å². The van der Waals surface area contributed by atoms with Crippen LogP contribution >= 0.6 is 0 Å². The van der Waals surface area contributed by atoms with Crippen LogP contribution in [-0.4, -0.2) is 29.0 Å². The van der Waals surface area contributed by atoms with Gasteiger partial charge in [-0.25, -0.2) is 0 Å². The van der Waals surface area contributed by atoms with Crippen LogP contribution in [0.4, 0.5) is 0 Å². The van der Waals surface area contributed by atoms with E-state index < -0.39 is 0 Å². The van der Waals surface area contributed by atoms with Crippen LogP contribution in [-0.2, 0) is 6.42 Å². The van der Waals surface area contributed by atoms with Crippen LogP contribution in [0.1, 0.15) is 63.5 Å². The van der Waals surface area contributed by atoms with E-state index in [0.717, 1.165) is 18.5 Å². The second kappa shape index (κ2) is 5.32. The van der Waals surface area contributed by atoms with Gasteiger partial charge in [0.05, 0.1) is 11.4 Å². The van der Waals surface area contributed by atoms with Crippen LogP contribution in [0.25, 0.3) is 10.9 Å². The third-order valence-electron chi connectivity index (χ3n) is 7.06. The molecule has 2 bridgehead atoms. The summed E-state index contributed by atoms with van der Waals surface area (Å²) in [6, 6.07) is 15.4. The van der Waals surface area contributed by atoms with Crippen molar-refractivity contribution in [3.8, 4) is 0 Å². The molecule has 3 atom stereocenters. The van der Waals surface area contributed by atoms with Gasteiger partial charge in [0, 0.05) is 29.6 Å². The van der Waals surface area contributed by atoms with E-state index in [4.69, 9.17) is 0 Å². The second-order valence-electron chi connectivity index (χ2n) is 8.69. The summed E-state index contributed by atoms with van der Waals surface area (Å²) < 4.78 is 2.14. The maximum Gasteiger partial charge on any atom is 0.239 e. The summed E-state index contributed by atoms with van der Waals surface area (Å²) in [7, 11) is 2.24. The molecule has 0 amide bonds. The fourth-order valence-corrected chi connectivity index (χ4v) is 5.98. The molecule has 0 saturated carbocycles. The molecule has 1 aromatic heterocycles. The van der Waals surface area contributed by atoms with Crippen LogP contribution in [0.3, 0.4) is 0 Å². The van der Waals surface area contributed by atoms with E-state index in [0.29, 0.717) is 12.0 Å². The van der Waals surface area contributed by atoms with E-state index in [-0.39, 0.29) is 11.8 Å². The highest BCUT2D eigenvalue weighted by molar-refractivity contribution is 6.03. The largest absolute Gasteiger partial charge is 0.299 e. The van der Waals surface area contributed by atoms with Crippen molar-refractivity contribution in [2.24, 2.45) is 0 Å². The number of piperidine rings is 1. The van der Waals surface area contributed by atoms with Crippen LogP contribution in [0, 0.1) is 6.92 Å². The normalized spacial score (nSPS) is 26.6. The molecule has 3 aromatic rings. The van der Waals surface area contributed by atoms with Gasteiger partial charge in [-0.1, -0.05) is 42.0 Å². The Morgan fingerprint density at radius 2 is 1.89 bits per heavy atom. The minimum absolute atomic E-state index is 0.0709. The third kappa shape index (κ3) is 1.98. The highest BCUT2D eigenvalue weighted by atomic mass is 16.2. The Morgan fingerprint density at radius 3 is 2.67 bits per heavy atom. The molecule has 0 N–H and O–H groups in total. The van der Waals surface area contributed by atoms with Gasteiger partial charge < -0.3 is 0 Å². The van der Waals surface area contributed by atoms with Gasteiger partial charge in [0.25, 0.3) is 0 Å². The molecule has 1 saturated heterocycles. The van der Waals surface area contributed by atoms with Gasteiger partial charge >= 0.3 is 0 Å². The molecule has 3 aliphatic heterocycles. The van der Waals surface area contributed by atoms with E-state index in [1.807, 2.05) is 18.2 Å². The Kier molecular flexibility index (Phi) is 3.09. The minimum atomic E-state index is -0.0709. The number of benzene rings is 2. The predicted molar refractivity (Wildman–Crippen MR) is 108 cm³/mol. The van der Waals surface area contributed by atoms with Gasteiger partial charge in [0.2, 0.25) is 5.91 Å². The summed E-state index contributed by atoms with van der Waals surface area (Å²) in [4.78, 5) is 16.2. The molecule has 1 fully saturated rings. The average Bonchev–Trinajstić information content (AvgIpc) is 3.03. The van der Waals surface area contributed by atoms with E-state index in [1.54, 1.807) is 0 Å². The quantitative estimate of drug-likeness (QED) is 0.626. The number of hydrogen-bond donors (Lipinski definition) is 0. The minimum Gasteiger partial charge on any atom is -0.299 e. The van der Waals surface area contributed by atoms with Crippen molar-refractivity contribution in [3.63, 3.8) is 0 Å². The summed E-state index contributed by atoms with van der Waals surface area (Å²) in [6.07, 6.45) is 3.23. The number of hydrogen-bond acceptors (Lipinski definition) is 2. The van der Waals surface area contributed by atoms with Crippen LogP contribution in [0.5, 0.6) is 0 Å². The lowest BCUT2D eigenvalue weighted by molar-refractivity contribution is 0.0855. The topological polar surface area (TPSA) is 25.2 Å². The van der Waals surface area contributed by atoms with Crippen LogP contribution in [0.15, 0.2) is 42.5 Å². The Bertz CT molecular complexity index is 1090. The summed E-state index contributed by atoms with van der Waals surface area (Å²) >= 11 is 0. The maximum absolute atomic E-state index is 13.7. The molecule has 7 rings (SSSR count). The maximum atomic E-state index is 13.7. The molecule has 4 heterocycles. The van der Waals surface area contributed by atoms with E-state index in [9.17, 15) is 4.79 Å². The Balaban J connectivity index is 1.66. The SMILES string of the molecule is Cc1cc2c3c(c1)c1c(n3C(=O)C(c3ccccc3)C2)C2CCC1N(C)C2. The Hall–Kier alpha value is -2.39. The van der Waals surface area contributed by atoms with Crippen LogP contribution < -0.4 is 0 Å². The number of fused-ring (bicyclic) bond motifs is 2. The third-order valence-corrected chi connectivity index (χ3v) is 7.06. The standard InChI is InChI=1S/C24H24N2O/c1-14-10-17-12-18(15-6-4-3-5-7-15)24(27)26-22(17)19(11-14)21-20-9-8-16(23(21)26)13-25(20)2/h3-7,10-11,16,18,20H,8-9,12-13H2,1-2H3. The van der Waals surface area contributed by atoms with Crippen molar-refractivity contribution >= 4 is 16.8 Å². The Labute approximate surface area is 159 Å². The number of carbonyl (C=O) groups excluding carboxylic acids is 1. The number of likely N-dealkylation sites (N-methyl/N-ethyl adjacent to an activating group) is 1. The highest BCUT2D eigenvalue weighted by Gasteiger charge is 2.44. The molecular formula is C24H24N2O. The second-order valence-corrected chi connectivity index (χ2v) is 8.69. The van der Waals surface area contributed by atoms with Crippen molar-refractivity contribution in [1.82, 2.24) is 9.47 Å². The number of rotatable bonds is 1. The van der Waals surface area contributed by atoms with E-state index >= 15 is 0 Å². The van der Waals surface area contributed by atoms with E-state index in [2.05, 4.69) is 47.7 Å². The monoisotopic (exact) mass is 356 g/mol. The Morgan fingerprint density at radius 1 is 1.07 bits per heavy atom. The van der Waals surface area contributed by atoms with E-state index in [1.165, 1.54) is 46.1 Å². The lowest BCUT2D eigenvalue weighted by atomic mass is 9.78.